The van der Waals surface area contributed by atoms with Crippen molar-refractivity contribution in [2.24, 2.45) is 0 Å². The number of nitrogens with one attached hydrogen (secondary N) is 1. The van der Waals surface area contributed by atoms with Gasteiger partial charge in [0, 0.05) is 4.47 Å². The van der Waals surface area contributed by atoms with E-state index in [-0.39, 0.29) is 12.1 Å². The number of hydrogen-bond donors (Lipinski definition) is 1. The maximum absolute atomic E-state index is 4.18. The van der Waals surface area contributed by atoms with Crippen LogP contribution >= 0.6 is 15.9 Å². The standard InChI is InChI=1S/C17H16BrN5/c1-11-4-2-3-5-14(11)16-10-15(12-6-8-13(18)9-7-12)19-17-20-21-22-23(16)17/h2-9,15-16H,10H2,1H3,(H,19,20,22)/t15-,16+/m0/s1. The molecule has 1 aromatic heterocycles. The molecular weight excluding hydrogens is 354 g/mol. The molecule has 0 bridgehead atoms. The van der Waals surface area contributed by atoms with Gasteiger partial charge in [0.15, 0.2) is 0 Å². The molecular formula is C17H16BrN5. The van der Waals surface area contributed by atoms with E-state index in [1.165, 1.54) is 16.7 Å². The lowest BCUT2D eigenvalue weighted by Gasteiger charge is -2.31. The Morgan fingerprint density at radius 3 is 2.70 bits per heavy atom. The van der Waals surface area contributed by atoms with Crippen LogP contribution in [0.2, 0.25) is 0 Å². The molecule has 2 atom stereocenters. The van der Waals surface area contributed by atoms with Gasteiger partial charge in [-0.2, -0.15) is 0 Å². The zero-order chi connectivity index (χ0) is 15.8. The van der Waals surface area contributed by atoms with Crippen molar-refractivity contribution in [3.8, 4) is 0 Å². The summed E-state index contributed by atoms with van der Waals surface area (Å²) in [5, 5.41) is 15.6. The van der Waals surface area contributed by atoms with Crippen molar-refractivity contribution >= 4 is 21.9 Å². The topological polar surface area (TPSA) is 55.6 Å². The molecule has 116 valence electrons. The summed E-state index contributed by atoms with van der Waals surface area (Å²) in [4.78, 5) is 0. The fraction of sp³-hybridized carbons (Fsp3) is 0.235. The first-order valence-electron chi connectivity index (χ1n) is 7.58. The molecule has 1 N–H and O–H groups in total. The summed E-state index contributed by atoms with van der Waals surface area (Å²) >= 11 is 3.49. The average Bonchev–Trinajstić information content (AvgIpc) is 3.04. The number of anilines is 1. The molecule has 0 saturated carbocycles. The Hall–Kier alpha value is -2.21. The highest BCUT2D eigenvalue weighted by Gasteiger charge is 2.31. The third kappa shape index (κ3) is 2.63. The average molecular weight is 370 g/mol. The number of benzene rings is 2. The second kappa shape index (κ2) is 5.77. The Balaban J connectivity index is 1.75. The van der Waals surface area contributed by atoms with Crippen LogP contribution < -0.4 is 5.32 Å². The Morgan fingerprint density at radius 2 is 1.91 bits per heavy atom. The van der Waals surface area contributed by atoms with Gasteiger partial charge in [0.1, 0.15) is 0 Å². The Labute approximate surface area is 142 Å². The van der Waals surface area contributed by atoms with Gasteiger partial charge in [-0.3, -0.25) is 0 Å². The summed E-state index contributed by atoms with van der Waals surface area (Å²) < 4.78 is 2.97. The van der Waals surface area contributed by atoms with Crippen LogP contribution in [0.4, 0.5) is 5.95 Å². The van der Waals surface area contributed by atoms with Gasteiger partial charge in [0.25, 0.3) is 0 Å². The summed E-state index contributed by atoms with van der Waals surface area (Å²) in [6, 6.07) is 17.2. The molecule has 1 aliphatic heterocycles. The summed E-state index contributed by atoms with van der Waals surface area (Å²) in [5.41, 5.74) is 3.76. The minimum atomic E-state index is 0.135. The van der Waals surface area contributed by atoms with Crippen LogP contribution in [0.3, 0.4) is 0 Å². The molecule has 0 aliphatic carbocycles. The third-order valence-corrected chi connectivity index (χ3v) is 4.90. The molecule has 3 aromatic rings. The number of halogens is 1. The molecule has 2 heterocycles. The molecule has 6 heteroatoms. The monoisotopic (exact) mass is 369 g/mol. The first-order valence-corrected chi connectivity index (χ1v) is 8.37. The van der Waals surface area contributed by atoms with Crippen LogP contribution in [-0.4, -0.2) is 20.2 Å². The predicted octanol–water partition coefficient (Wildman–Crippen LogP) is 3.89. The Morgan fingerprint density at radius 1 is 1.13 bits per heavy atom. The number of nitrogens with zero attached hydrogens (tertiary/aromatic N) is 4. The van der Waals surface area contributed by atoms with E-state index in [1.54, 1.807) is 0 Å². The van der Waals surface area contributed by atoms with E-state index in [2.05, 4.69) is 92.2 Å². The van der Waals surface area contributed by atoms with Crippen molar-refractivity contribution in [2.45, 2.75) is 25.4 Å². The fourth-order valence-electron chi connectivity index (χ4n) is 3.17. The van der Waals surface area contributed by atoms with Crippen LogP contribution in [-0.2, 0) is 0 Å². The Bertz CT molecular complexity index is 827. The van der Waals surface area contributed by atoms with Crippen molar-refractivity contribution in [3.05, 3.63) is 69.7 Å². The number of fused-ring (bicyclic) bond motifs is 1. The zero-order valence-corrected chi connectivity index (χ0v) is 14.2. The SMILES string of the molecule is Cc1ccccc1[C@H]1C[C@@H](c2ccc(Br)cc2)Nc2nnnn21. The maximum Gasteiger partial charge on any atom is 0.243 e. The van der Waals surface area contributed by atoms with Crippen molar-refractivity contribution in [3.63, 3.8) is 0 Å². The predicted molar refractivity (Wildman–Crippen MR) is 92.3 cm³/mol. The highest BCUT2D eigenvalue weighted by molar-refractivity contribution is 9.10. The van der Waals surface area contributed by atoms with Crippen molar-refractivity contribution < 1.29 is 0 Å². The fourth-order valence-corrected chi connectivity index (χ4v) is 3.43. The van der Waals surface area contributed by atoms with Gasteiger partial charge < -0.3 is 5.32 Å². The van der Waals surface area contributed by atoms with E-state index in [9.17, 15) is 0 Å². The molecule has 5 nitrogen and oxygen atoms in total. The Kier molecular flexibility index (Phi) is 3.61. The summed E-state index contributed by atoms with van der Waals surface area (Å²) in [6.07, 6.45) is 0.907. The minimum absolute atomic E-state index is 0.135. The molecule has 0 saturated heterocycles. The van der Waals surface area contributed by atoms with Crippen molar-refractivity contribution in [1.82, 2.24) is 20.2 Å². The third-order valence-electron chi connectivity index (χ3n) is 4.37. The van der Waals surface area contributed by atoms with E-state index < -0.39 is 0 Å². The van der Waals surface area contributed by atoms with Crippen LogP contribution in [0, 0.1) is 6.92 Å². The minimum Gasteiger partial charge on any atom is -0.346 e. The van der Waals surface area contributed by atoms with Crippen LogP contribution in [0.5, 0.6) is 0 Å². The highest BCUT2D eigenvalue weighted by Crippen LogP contribution is 2.38. The van der Waals surface area contributed by atoms with E-state index in [0.717, 1.165) is 16.8 Å². The second-order valence-electron chi connectivity index (χ2n) is 5.80. The molecule has 0 unspecified atom stereocenters. The lowest BCUT2D eigenvalue weighted by molar-refractivity contribution is 0.422. The molecule has 0 radical (unpaired) electrons. The van der Waals surface area contributed by atoms with Crippen molar-refractivity contribution in [2.75, 3.05) is 5.32 Å². The zero-order valence-electron chi connectivity index (χ0n) is 12.6. The van der Waals surface area contributed by atoms with Crippen LogP contribution in [0.15, 0.2) is 53.0 Å². The molecule has 0 fully saturated rings. The van der Waals surface area contributed by atoms with Gasteiger partial charge in [-0.1, -0.05) is 57.4 Å². The summed E-state index contributed by atoms with van der Waals surface area (Å²) in [6.45, 7) is 2.13. The summed E-state index contributed by atoms with van der Waals surface area (Å²) in [7, 11) is 0. The number of aryl methyl sites for hydroxylation is 1. The first kappa shape index (κ1) is 14.4. The number of rotatable bonds is 2. The lowest BCUT2D eigenvalue weighted by atomic mass is 9.91. The van der Waals surface area contributed by atoms with Crippen LogP contribution in [0.25, 0.3) is 0 Å². The van der Waals surface area contributed by atoms with Crippen LogP contribution in [0.1, 0.15) is 35.2 Å². The van der Waals surface area contributed by atoms with Gasteiger partial charge in [0.2, 0.25) is 5.95 Å². The normalized spacial score (nSPS) is 19.9. The number of aromatic nitrogens is 4. The van der Waals surface area contributed by atoms with Gasteiger partial charge in [-0.25, -0.2) is 4.68 Å². The number of tetrazole rings is 1. The smallest absolute Gasteiger partial charge is 0.243 e. The van der Waals surface area contributed by atoms with E-state index >= 15 is 0 Å². The highest BCUT2D eigenvalue weighted by atomic mass is 79.9. The molecule has 4 rings (SSSR count). The molecule has 23 heavy (non-hydrogen) atoms. The van der Waals surface area contributed by atoms with E-state index in [1.807, 2.05) is 4.68 Å². The first-order chi connectivity index (χ1) is 11.2. The molecule has 0 spiro atoms. The second-order valence-corrected chi connectivity index (χ2v) is 6.72. The lowest BCUT2D eigenvalue weighted by Crippen LogP contribution is -2.28. The number of hydrogen-bond acceptors (Lipinski definition) is 4. The quantitative estimate of drug-likeness (QED) is 0.744. The van der Waals surface area contributed by atoms with Crippen molar-refractivity contribution in [1.29, 1.82) is 0 Å². The largest absolute Gasteiger partial charge is 0.346 e. The molecule has 2 aromatic carbocycles. The maximum atomic E-state index is 4.18. The van der Waals surface area contributed by atoms with E-state index in [4.69, 9.17) is 0 Å². The van der Waals surface area contributed by atoms with Gasteiger partial charge in [-0.15, -0.1) is 0 Å². The summed E-state index contributed by atoms with van der Waals surface area (Å²) in [5.74, 6) is 0.720. The molecule has 1 aliphatic rings. The van der Waals surface area contributed by atoms with Gasteiger partial charge in [-0.05, 0) is 52.6 Å². The molecule has 0 amide bonds. The van der Waals surface area contributed by atoms with Gasteiger partial charge in [0.05, 0.1) is 12.1 Å². The van der Waals surface area contributed by atoms with Gasteiger partial charge >= 0.3 is 0 Å². The van der Waals surface area contributed by atoms with E-state index in [0.29, 0.717) is 0 Å².